The lowest BCUT2D eigenvalue weighted by molar-refractivity contribution is -0.133. The SMILES string of the molecule is COc1cccc(CN2NC3=CC=CCC3C2=O)c1OC. The smallest absolute Gasteiger partial charge is 0.250 e. The van der Waals surface area contributed by atoms with Crippen LogP contribution in [0, 0.1) is 5.92 Å². The number of hydrogen-bond acceptors (Lipinski definition) is 4. The van der Waals surface area contributed by atoms with Crippen molar-refractivity contribution in [3.63, 3.8) is 0 Å². The molecule has 110 valence electrons. The first kappa shape index (κ1) is 13.5. The van der Waals surface area contributed by atoms with Crippen LogP contribution in [-0.4, -0.2) is 25.1 Å². The predicted octanol–water partition coefficient (Wildman–Crippen LogP) is 2.01. The van der Waals surface area contributed by atoms with Gasteiger partial charge in [-0.1, -0.05) is 24.3 Å². The Kier molecular flexibility index (Phi) is 3.56. The Morgan fingerprint density at radius 1 is 1.33 bits per heavy atom. The molecular weight excluding hydrogens is 268 g/mol. The number of hydrogen-bond donors (Lipinski definition) is 1. The van der Waals surface area contributed by atoms with E-state index in [2.05, 4.69) is 5.43 Å². The summed E-state index contributed by atoms with van der Waals surface area (Å²) in [5, 5.41) is 1.64. The molecule has 0 saturated carbocycles. The van der Waals surface area contributed by atoms with Crippen molar-refractivity contribution in [3.05, 3.63) is 47.7 Å². The van der Waals surface area contributed by atoms with Gasteiger partial charge in [-0.25, -0.2) is 0 Å². The number of nitrogens with one attached hydrogen (secondary N) is 1. The summed E-state index contributed by atoms with van der Waals surface area (Å²) in [4.78, 5) is 12.4. The van der Waals surface area contributed by atoms with E-state index in [4.69, 9.17) is 9.47 Å². The van der Waals surface area contributed by atoms with Crippen molar-refractivity contribution < 1.29 is 14.3 Å². The lowest BCUT2D eigenvalue weighted by Crippen LogP contribution is -2.33. The van der Waals surface area contributed by atoms with Crippen LogP contribution in [-0.2, 0) is 11.3 Å². The first-order chi connectivity index (χ1) is 10.2. The highest BCUT2D eigenvalue weighted by molar-refractivity contribution is 5.84. The zero-order chi connectivity index (χ0) is 14.8. The zero-order valence-electron chi connectivity index (χ0n) is 12.1. The number of para-hydroxylation sites is 1. The van der Waals surface area contributed by atoms with Crippen molar-refractivity contribution >= 4 is 5.91 Å². The largest absolute Gasteiger partial charge is 0.493 e. The molecule has 0 radical (unpaired) electrons. The second kappa shape index (κ2) is 5.52. The first-order valence-electron chi connectivity index (χ1n) is 6.89. The molecule has 1 fully saturated rings. The Balaban J connectivity index is 1.83. The third-order valence-electron chi connectivity index (χ3n) is 3.80. The normalized spacial score (nSPS) is 19.9. The molecule has 5 heteroatoms. The van der Waals surface area contributed by atoms with E-state index in [-0.39, 0.29) is 11.8 Å². The Morgan fingerprint density at radius 2 is 2.19 bits per heavy atom. The summed E-state index contributed by atoms with van der Waals surface area (Å²) >= 11 is 0. The van der Waals surface area contributed by atoms with Crippen molar-refractivity contribution in [2.24, 2.45) is 5.92 Å². The molecule has 1 heterocycles. The number of methoxy groups -OCH3 is 2. The predicted molar refractivity (Wildman–Crippen MR) is 78.6 cm³/mol. The minimum atomic E-state index is -0.0772. The zero-order valence-corrected chi connectivity index (χ0v) is 12.1. The van der Waals surface area contributed by atoms with E-state index < -0.39 is 0 Å². The number of fused-ring (bicyclic) bond motifs is 1. The van der Waals surface area contributed by atoms with Gasteiger partial charge in [0.15, 0.2) is 11.5 Å². The highest BCUT2D eigenvalue weighted by Gasteiger charge is 2.36. The highest BCUT2D eigenvalue weighted by atomic mass is 16.5. The van der Waals surface area contributed by atoms with Gasteiger partial charge in [-0.2, -0.15) is 0 Å². The van der Waals surface area contributed by atoms with Crippen molar-refractivity contribution in [1.29, 1.82) is 0 Å². The topological polar surface area (TPSA) is 50.8 Å². The number of amides is 1. The number of allylic oxidation sites excluding steroid dienone is 3. The molecule has 5 nitrogen and oxygen atoms in total. The van der Waals surface area contributed by atoms with Crippen LogP contribution in [0.4, 0.5) is 0 Å². The molecule has 1 amide bonds. The molecule has 21 heavy (non-hydrogen) atoms. The third-order valence-corrected chi connectivity index (χ3v) is 3.80. The molecule has 1 aliphatic heterocycles. The summed E-state index contributed by atoms with van der Waals surface area (Å²) in [6.07, 6.45) is 6.70. The summed E-state index contributed by atoms with van der Waals surface area (Å²) in [5.74, 6) is 1.35. The van der Waals surface area contributed by atoms with Crippen LogP contribution in [0.15, 0.2) is 42.1 Å². The van der Waals surface area contributed by atoms with Gasteiger partial charge in [0.25, 0.3) is 5.91 Å². The Hall–Kier alpha value is -2.43. The van der Waals surface area contributed by atoms with Crippen LogP contribution in [0.2, 0.25) is 0 Å². The summed E-state index contributed by atoms with van der Waals surface area (Å²) in [6.45, 7) is 0.438. The Bertz CT molecular complexity index is 622. The van der Waals surface area contributed by atoms with E-state index in [0.29, 0.717) is 18.0 Å². The fourth-order valence-corrected chi connectivity index (χ4v) is 2.74. The molecule has 0 spiro atoms. The Labute approximate surface area is 123 Å². The van der Waals surface area contributed by atoms with E-state index in [1.807, 2.05) is 36.4 Å². The second-order valence-electron chi connectivity index (χ2n) is 5.03. The summed E-state index contributed by atoms with van der Waals surface area (Å²) in [7, 11) is 3.21. The number of carbonyl (C=O) groups is 1. The first-order valence-corrected chi connectivity index (χ1v) is 6.89. The molecular formula is C16H18N2O3. The molecule has 1 unspecified atom stereocenters. The molecule has 1 atom stereocenters. The molecule has 0 bridgehead atoms. The van der Waals surface area contributed by atoms with Gasteiger partial charge in [0.05, 0.1) is 26.7 Å². The monoisotopic (exact) mass is 286 g/mol. The Morgan fingerprint density at radius 3 is 2.90 bits per heavy atom. The molecule has 0 aromatic heterocycles. The molecule has 1 aromatic rings. The number of carbonyl (C=O) groups excluding carboxylic acids is 1. The lowest BCUT2D eigenvalue weighted by Gasteiger charge is -2.19. The van der Waals surface area contributed by atoms with Gasteiger partial charge >= 0.3 is 0 Å². The van der Waals surface area contributed by atoms with Crippen molar-refractivity contribution in [1.82, 2.24) is 10.4 Å². The van der Waals surface area contributed by atoms with Crippen molar-refractivity contribution in [2.45, 2.75) is 13.0 Å². The van der Waals surface area contributed by atoms with E-state index >= 15 is 0 Å². The number of rotatable bonds is 4. The number of ether oxygens (including phenoxy) is 2. The second-order valence-corrected chi connectivity index (χ2v) is 5.03. The van der Waals surface area contributed by atoms with Crippen LogP contribution in [0.3, 0.4) is 0 Å². The fourth-order valence-electron chi connectivity index (χ4n) is 2.74. The average molecular weight is 286 g/mol. The minimum absolute atomic E-state index is 0.0772. The quantitative estimate of drug-likeness (QED) is 0.920. The minimum Gasteiger partial charge on any atom is -0.493 e. The molecule has 1 saturated heterocycles. The van der Waals surface area contributed by atoms with E-state index in [0.717, 1.165) is 17.7 Å². The molecule has 1 aromatic carbocycles. The standard InChI is InChI=1S/C16H18N2O3/c1-20-14-9-5-6-11(15(14)21-2)10-18-16(19)12-7-3-4-8-13(12)17-18/h3-6,8-9,12,17H,7,10H2,1-2H3. The van der Waals surface area contributed by atoms with Crippen LogP contribution < -0.4 is 14.9 Å². The summed E-state index contributed by atoms with van der Waals surface area (Å²) < 4.78 is 10.7. The van der Waals surface area contributed by atoms with Gasteiger partial charge in [0.2, 0.25) is 0 Å². The van der Waals surface area contributed by atoms with Crippen molar-refractivity contribution in [3.8, 4) is 11.5 Å². The van der Waals surface area contributed by atoms with Gasteiger partial charge in [-0.15, -0.1) is 0 Å². The van der Waals surface area contributed by atoms with Crippen LogP contribution >= 0.6 is 0 Å². The van der Waals surface area contributed by atoms with Gasteiger partial charge in [-0.3, -0.25) is 15.2 Å². The number of nitrogens with zero attached hydrogens (tertiary/aromatic N) is 1. The van der Waals surface area contributed by atoms with E-state index in [1.165, 1.54) is 0 Å². The average Bonchev–Trinajstić information content (AvgIpc) is 2.83. The van der Waals surface area contributed by atoms with E-state index in [9.17, 15) is 4.79 Å². The van der Waals surface area contributed by atoms with Gasteiger partial charge in [0.1, 0.15) is 0 Å². The third kappa shape index (κ3) is 2.35. The maximum Gasteiger partial charge on any atom is 0.250 e. The summed E-state index contributed by atoms with van der Waals surface area (Å²) in [5.41, 5.74) is 5.05. The van der Waals surface area contributed by atoms with Crippen molar-refractivity contribution in [2.75, 3.05) is 14.2 Å². The molecule has 3 rings (SSSR count). The highest BCUT2D eigenvalue weighted by Crippen LogP contribution is 2.33. The maximum atomic E-state index is 12.4. The molecule has 1 N–H and O–H groups in total. The van der Waals surface area contributed by atoms with Gasteiger partial charge < -0.3 is 9.47 Å². The van der Waals surface area contributed by atoms with E-state index in [1.54, 1.807) is 19.2 Å². The number of hydrazine groups is 1. The lowest BCUT2D eigenvalue weighted by atomic mass is 9.98. The van der Waals surface area contributed by atoms with Gasteiger partial charge in [-0.05, 0) is 18.6 Å². The van der Waals surface area contributed by atoms with Crippen LogP contribution in [0.1, 0.15) is 12.0 Å². The fraction of sp³-hybridized carbons (Fsp3) is 0.312. The van der Waals surface area contributed by atoms with Crippen LogP contribution in [0.5, 0.6) is 11.5 Å². The molecule has 2 aliphatic rings. The summed E-state index contributed by atoms with van der Waals surface area (Å²) in [6, 6.07) is 5.67. The van der Waals surface area contributed by atoms with Crippen LogP contribution in [0.25, 0.3) is 0 Å². The van der Waals surface area contributed by atoms with Gasteiger partial charge in [0, 0.05) is 11.3 Å². The molecule has 1 aliphatic carbocycles. The number of benzene rings is 1. The maximum absolute atomic E-state index is 12.4.